The Balaban J connectivity index is 3.26. The largest absolute Gasteiger partial charge is 0.384 e. The van der Waals surface area contributed by atoms with Gasteiger partial charge in [-0.25, -0.2) is 0 Å². The number of hydrogen-bond donors (Lipinski definition) is 2. The summed E-state index contributed by atoms with van der Waals surface area (Å²) in [6.07, 6.45) is 0. The van der Waals surface area contributed by atoms with Crippen LogP contribution in [-0.4, -0.2) is 11.1 Å². The summed E-state index contributed by atoms with van der Waals surface area (Å²) in [5.41, 5.74) is 8.05. The van der Waals surface area contributed by atoms with E-state index in [1.54, 1.807) is 6.92 Å². The molecule has 0 amide bonds. The molecule has 0 aliphatic heterocycles. The van der Waals surface area contributed by atoms with Gasteiger partial charge in [-0.1, -0.05) is 18.2 Å². The molecule has 1 rings (SSSR count). The van der Waals surface area contributed by atoms with E-state index in [4.69, 9.17) is 5.73 Å². The normalized spacial score (nSPS) is 17.6. The second-order valence-corrected chi connectivity index (χ2v) is 4.18. The third-order valence-corrected chi connectivity index (χ3v) is 3.04. The van der Waals surface area contributed by atoms with Crippen LogP contribution in [0.4, 0.5) is 0 Å². The fourth-order valence-corrected chi connectivity index (χ4v) is 1.54. The molecule has 0 heterocycles. The Labute approximate surface area is 85.8 Å². The van der Waals surface area contributed by atoms with Crippen LogP contribution in [0.15, 0.2) is 18.2 Å². The van der Waals surface area contributed by atoms with Crippen molar-refractivity contribution >= 4 is 0 Å². The van der Waals surface area contributed by atoms with Crippen molar-refractivity contribution in [2.24, 2.45) is 5.73 Å². The van der Waals surface area contributed by atoms with Crippen LogP contribution >= 0.6 is 0 Å². The molecule has 0 bridgehead atoms. The molecule has 2 unspecified atom stereocenters. The van der Waals surface area contributed by atoms with Crippen LogP contribution in [0, 0.1) is 13.8 Å². The molecule has 0 spiro atoms. The van der Waals surface area contributed by atoms with Gasteiger partial charge < -0.3 is 10.8 Å². The van der Waals surface area contributed by atoms with Crippen molar-refractivity contribution in [1.82, 2.24) is 0 Å². The molecule has 0 aliphatic rings. The van der Waals surface area contributed by atoms with E-state index in [9.17, 15) is 5.11 Å². The lowest BCUT2D eigenvalue weighted by molar-refractivity contribution is 0.0342. The molecule has 3 N–H and O–H groups in total. The monoisotopic (exact) mass is 193 g/mol. The van der Waals surface area contributed by atoms with Crippen LogP contribution in [0.2, 0.25) is 0 Å². The summed E-state index contributed by atoms with van der Waals surface area (Å²) in [7, 11) is 0. The second-order valence-electron chi connectivity index (χ2n) is 4.18. The van der Waals surface area contributed by atoms with E-state index in [0.29, 0.717) is 0 Å². The quantitative estimate of drug-likeness (QED) is 0.753. The fraction of sp³-hybridized carbons (Fsp3) is 0.500. The summed E-state index contributed by atoms with van der Waals surface area (Å²) in [6.45, 7) is 7.64. The number of aliphatic hydroxyl groups is 1. The van der Waals surface area contributed by atoms with Gasteiger partial charge in [0.05, 0.1) is 0 Å². The van der Waals surface area contributed by atoms with Crippen LogP contribution in [0.1, 0.15) is 30.5 Å². The number of aryl methyl sites for hydroxylation is 1. The van der Waals surface area contributed by atoms with E-state index in [2.05, 4.69) is 0 Å². The van der Waals surface area contributed by atoms with Crippen LogP contribution in [-0.2, 0) is 5.60 Å². The molecule has 2 atom stereocenters. The lowest BCUT2D eigenvalue weighted by atomic mass is 9.85. The van der Waals surface area contributed by atoms with E-state index in [-0.39, 0.29) is 6.04 Å². The maximum Gasteiger partial charge on any atom is 0.102 e. The van der Waals surface area contributed by atoms with Gasteiger partial charge >= 0.3 is 0 Å². The third-order valence-electron chi connectivity index (χ3n) is 3.04. The average Bonchev–Trinajstić information content (AvgIpc) is 2.09. The lowest BCUT2D eigenvalue weighted by Gasteiger charge is -2.30. The highest BCUT2D eigenvalue weighted by Crippen LogP contribution is 2.27. The van der Waals surface area contributed by atoms with Crippen LogP contribution in [0.3, 0.4) is 0 Å². The smallest absolute Gasteiger partial charge is 0.102 e. The summed E-state index contributed by atoms with van der Waals surface area (Å²) in [6, 6.07) is 5.65. The van der Waals surface area contributed by atoms with E-state index >= 15 is 0 Å². The van der Waals surface area contributed by atoms with Crippen molar-refractivity contribution in [3.8, 4) is 0 Å². The first-order valence-corrected chi connectivity index (χ1v) is 4.92. The van der Waals surface area contributed by atoms with Crippen molar-refractivity contribution in [2.75, 3.05) is 0 Å². The van der Waals surface area contributed by atoms with E-state index in [1.165, 1.54) is 5.56 Å². The number of hydrogen-bond acceptors (Lipinski definition) is 2. The second kappa shape index (κ2) is 3.71. The molecule has 78 valence electrons. The van der Waals surface area contributed by atoms with Crippen molar-refractivity contribution in [3.05, 3.63) is 34.9 Å². The molecule has 1 aromatic rings. The Hall–Kier alpha value is -0.860. The van der Waals surface area contributed by atoms with Gasteiger partial charge in [-0.15, -0.1) is 0 Å². The Morgan fingerprint density at radius 3 is 2.43 bits per heavy atom. The van der Waals surface area contributed by atoms with Crippen molar-refractivity contribution in [1.29, 1.82) is 0 Å². The molecule has 0 aliphatic carbocycles. The molecule has 0 saturated carbocycles. The molecule has 0 radical (unpaired) electrons. The predicted octanol–water partition coefficient (Wildman–Crippen LogP) is 1.86. The van der Waals surface area contributed by atoms with Crippen LogP contribution in [0.5, 0.6) is 0 Å². The van der Waals surface area contributed by atoms with Gasteiger partial charge in [-0.3, -0.25) is 0 Å². The predicted molar refractivity (Wildman–Crippen MR) is 59.1 cm³/mol. The third kappa shape index (κ3) is 1.81. The van der Waals surface area contributed by atoms with E-state index < -0.39 is 5.60 Å². The highest BCUT2D eigenvalue weighted by atomic mass is 16.3. The summed E-state index contributed by atoms with van der Waals surface area (Å²) in [5.74, 6) is 0. The fourth-order valence-electron chi connectivity index (χ4n) is 1.54. The Morgan fingerprint density at radius 2 is 1.93 bits per heavy atom. The molecule has 0 saturated heterocycles. The van der Waals surface area contributed by atoms with Crippen LogP contribution < -0.4 is 5.73 Å². The summed E-state index contributed by atoms with van der Waals surface area (Å²) < 4.78 is 0. The molecule has 2 heteroatoms. The van der Waals surface area contributed by atoms with Crippen LogP contribution in [0.25, 0.3) is 0 Å². The van der Waals surface area contributed by atoms with Gasteiger partial charge in [0.15, 0.2) is 0 Å². The van der Waals surface area contributed by atoms with Crippen molar-refractivity contribution in [3.63, 3.8) is 0 Å². The zero-order valence-corrected chi connectivity index (χ0v) is 9.33. The zero-order valence-electron chi connectivity index (χ0n) is 9.33. The first kappa shape index (κ1) is 11.2. The van der Waals surface area contributed by atoms with Crippen molar-refractivity contribution in [2.45, 2.75) is 39.3 Å². The molecule has 0 aromatic heterocycles. The average molecular weight is 193 g/mol. The maximum atomic E-state index is 10.2. The minimum atomic E-state index is -0.948. The highest BCUT2D eigenvalue weighted by Gasteiger charge is 2.29. The van der Waals surface area contributed by atoms with Gasteiger partial charge in [0.1, 0.15) is 5.60 Å². The zero-order chi connectivity index (χ0) is 10.9. The summed E-state index contributed by atoms with van der Waals surface area (Å²) in [4.78, 5) is 0. The van der Waals surface area contributed by atoms with Gasteiger partial charge in [0, 0.05) is 6.04 Å². The van der Waals surface area contributed by atoms with Gasteiger partial charge in [-0.05, 0) is 44.4 Å². The molecule has 0 fully saturated rings. The van der Waals surface area contributed by atoms with Gasteiger partial charge in [-0.2, -0.15) is 0 Å². The molecule has 1 aromatic carbocycles. The van der Waals surface area contributed by atoms with Gasteiger partial charge in [0.25, 0.3) is 0 Å². The SMILES string of the molecule is Cc1cccc(C(C)(O)C(C)N)c1C. The Bertz CT molecular complexity index is 329. The Kier molecular flexibility index (Phi) is 2.98. The first-order valence-electron chi connectivity index (χ1n) is 4.92. The summed E-state index contributed by atoms with van der Waals surface area (Å²) >= 11 is 0. The standard InChI is InChI=1S/C12H19NO/c1-8-6-5-7-11(9(8)2)12(4,14)10(3)13/h5-7,10,14H,13H2,1-4H3. The molecular weight excluding hydrogens is 174 g/mol. The van der Waals surface area contributed by atoms with E-state index in [1.807, 2.05) is 39.0 Å². The molecule has 14 heavy (non-hydrogen) atoms. The topological polar surface area (TPSA) is 46.2 Å². The van der Waals surface area contributed by atoms with Gasteiger partial charge in [0.2, 0.25) is 0 Å². The minimum absolute atomic E-state index is 0.275. The van der Waals surface area contributed by atoms with Crippen molar-refractivity contribution < 1.29 is 5.11 Å². The van der Waals surface area contributed by atoms with E-state index in [0.717, 1.165) is 11.1 Å². The minimum Gasteiger partial charge on any atom is -0.384 e. The number of nitrogens with two attached hydrogens (primary N) is 1. The molecule has 2 nitrogen and oxygen atoms in total. The summed E-state index contributed by atoms with van der Waals surface area (Å²) in [5, 5.41) is 10.2. The first-order chi connectivity index (χ1) is 6.37. The maximum absolute atomic E-state index is 10.2. The number of rotatable bonds is 2. The number of benzene rings is 1. The highest BCUT2D eigenvalue weighted by molar-refractivity contribution is 5.37. The lowest BCUT2D eigenvalue weighted by Crippen LogP contribution is -2.41. The molecular formula is C12H19NO. The Morgan fingerprint density at radius 1 is 1.36 bits per heavy atom.